The topological polar surface area (TPSA) is 6.48 Å². The number of thiophene rings is 1. The lowest BCUT2D eigenvalue weighted by Gasteiger charge is -2.28. The Hall–Kier alpha value is -6.16. The summed E-state index contributed by atoms with van der Waals surface area (Å²) in [5, 5.41) is 5.10. The molecule has 0 fully saturated rings. The van der Waals surface area contributed by atoms with Crippen molar-refractivity contribution in [3.63, 3.8) is 0 Å². The van der Waals surface area contributed by atoms with Crippen LogP contribution in [0.1, 0.15) is 11.1 Å². The number of nitrogens with zero attached hydrogens (tertiary/aromatic N) is 2. The van der Waals surface area contributed by atoms with Crippen molar-refractivity contribution in [2.75, 3.05) is 9.80 Å². The Labute approximate surface area is 295 Å². The first-order chi connectivity index (χ1) is 24.8. The third-order valence-corrected chi connectivity index (χ3v) is 11.2. The molecular formula is C47H32N2S. The smallest absolute Gasteiger partial charge is 0.0543 e. The Morgan fingerprint density at radius 2 is 0.860 bits per heavy atom. The third-order valence-electron chi connectivity index (χ3n) is 10.0. The number of anilines is 6. The molecule has 0 spiro atoms. The minimum absolute atomic E-state index is 0.947. The molecule has 0 saturated carbocycles. The summed E-state index contributed by atoms with van der Waals surface area (Å²) in [5.41, 5.74) is 12.4. The summed E-state index contributed by atoms with van der Waals surface area (Å²) in [4.78, 5) is 4.80. The van der Waals surface area contributed by atoms with Crippen LogP contribution in [0.3, 0.4) is 0 Å². The SMILES string of the molecule is c1ccc(N(c2ccccc2)c2ccc3sc4ccc(N(c5ccccc5)c5cc6c(c7ccccc57)-c5ccccc5C6)cc4c3c2)cc1. The number of rotatable bonds is 6. The van der Waals surface area contributed by atoms with Gasteiger partial charge in [-0.1, -0.05) is 103 Å². The van der Waals surface area contributed by atoms with Crippen molar-refractivity contribution in [2.45, 2.75) is 6.42 Å². The van der Waals surface area contributed by atoms with E-state index in [9.17, 15) is 0 Å². The van der Waals surface area contributed by atoms with E-state index in [1.165, 1.54) is 58.9 Å². The van der Waals surface area contributed by atoms with Crippen LogP contribution in [0.25, 0.3) is 42.1 Å². The number of para-hydroxylation sites is 3. The van der Waals surface area contributed by atoms with E-state index in [0.29, 0.717) is 0 Å². The molecule has 0 aliphatic heterocycles. The van der Waals surface area contributed by atoms with Gasteiger partial charge in [0, 0.05) is 54.0 Å². The van der Waals surface area contributed by atoms with E-state index in [1.807, 2.05) is 11.3 Å². The molecular weight excluding hydrogens is 625 g/mol. The van der Waals surface area contributed by atoms with Gasteiger partial charge in [-0.25, -0.2) is 0 Å². The maximum absolute atomic E-state index is 2.46. The van der Waals surface area contributed by atoms with Crippen molar-refractivity contribution in [2.24, 2.45) is 0 Å². The second-order valence-corrected chi connectivity index (χ2v) is 14.0. The van der Waals surface area contributed by atoms with Gasteiger partial charge in [0.1, 0.15) is 0 Å². The second kappa shape index (κ2) is 11.8. The first-order valence-electron chi connectivity index (χ1n) is 17.1. The second-order valence-electron chi connectivity index (χ2n) is 12.9. The van der Waals surface area contributed by atoms with Crippen LogP contribution in [0.4, 0.5) is 34.1 Å². The van der Waals surface area contributed by atoms with Gasteiger partial charge in [0.15, 0.2) is 0 Å². The van der Waals surface area contributed by atoms with Crippen LogP contribution >= 0.6 is 11.3 Å². The zero-order valence-electron chi connectivity index (χ0n) is 27.3. The summed E-state index contributed by atoms with van der Waals surface area (Å²) in [5.74, 6) is 0. The number of hydrogen-bond donors (Lipinski definition) is 0. The van der Waals surface area contributed by atoms with E-state index in [4.69, 9.17) is 0 Å². The molecule has 0 saturated heterocycles. The summed E-state index contributed by atoms with van der Waals surface area (Å²) >= 11 is 1.86. The normalized spacial score (nSPS) is 11.9. The Balaban J connectivity index is 1.18. The molecule has 8 aromatic carbocycles. The first-order valence-corrected chi connectivity index (χ1v) is 18.0. The lowest BCUT2D eigenvalue weighted by atomic mass is 9.95. The van der Waals surface area contributed by atoms with Crippen molar-refractivity contribution in [3.05, 3.63) is 193 Å². The minimum Gasteiger partial charge on any atom is -0.310 e. The third kappa shape index (κ3) is 4.70. The molecule has 9 aromatic rings. The summed E-state index contributed by atoms with van der Waals surface area (Å²) in [6.07, 6.45) is 0.947. The number of fused-ring (bicyclic) bond motifs is 8. The summed E-state index contributed by atoms with van der Waals surface area (Å²) in [7, 11) is 0. The fourth-order valence-corrected chi connectivity index (χ4v) is 8.88. The highest BCUT2D eigenvalue weighted by molar-refractivity contribution is 7.25. The quantitative estimate of drug-likeness (QED) is 0.176. The summed E-state index contributed by atoms with van der Waals surface area (Å²) < 4.78 is 2.57. The van der Waals surface area contributed by atoms with Crippen LogP contribution < -0.4 is 9.80 Å². The van der Waals surface area contributed by atoms with Crippen LogP contribution in [0, 0.1) is 0 Å². The fraction of sp³-hybridized carbons (Fsp3) is 0.0213. The largest absolute Gasteiger partial charge is 0.310 e. The molecule has 10 rings (SSSR count). The molecule has 2 nitrogen and oxygen atoms in total. The van der Waals surface area contributed by atoms with Gasteiger partial charge in [-0.2, -0.15) is 0 Å². The maximum Gasteiger partial charge on any atom is 0.0543 e. The van der Waals surface area contributed by atoms with Gasteiger partial charge < -0.3 is 9.80 Å². The van der Waals surface area contributed by atoms with Crippen LogP contribution in [0.5, 0.6) is 0 Å². The van der Waals surface area contributed by atoms with Crippen LogP contribution in [-0.4, -0.2) is 0 Å². The highest BCUT2D eigenvalue weighted by Crippen LogP contribution is 2.49. The molecule has 0 N–H and O–H groups in total. The van der Waals surface area contributed by atoms with Gasteiger partial charge in [0.25, 0.3) is 0 Å². The average Bonchev–Trinajstić information content (AvgIpc) is 3.74. The molecule has 50 heavy (non-hydrogen) atoms. The number of benzene rings is 8. The van der Waals surface area contributed by atoms with Crippen molar-refractivity contribution >= 4 is 76.4 Å². The van der Waals surface area contributed by atoms with E-state index >= 15 is 0 Å². The Morgan fingerprint density at radius 3 is 1.48 bits per heavy atom. The zero-order chi connectivity index (χ0) is 33.0. The van der Waals surface area contributed by atoms with Crippen molar-refractivity contribution in [3.8, 4) is 11.1 Å². The minimum atomic E-state index is 0.947. The zero-order valence-corrected chi connectivity index (χ0v) is 28.1. The van der Waals surface area contributed by atoms with Gasteiger partial charge in [-0.05, 0) is 113 Å². The molecule has 0 unspecified atom stereocenters. The van der Waals surface area contributed by atoms with Gasteiger partial charge in [-0.15, -0.1) is 11.3 Å². The molecule has 0 radical (unpaired) electrons. The fourth-order valence-electron chi connectivity index (χ4n) is 7.82. The van der Waals surface area contributed by atoms with Gasteiger partial charge in [0.2, 0.25) is 0 Å². The molecule has 0 amide bonds. The first kappa shape index (κ1) is 28.8. The molecule has 1 aliphatic carbocycles. The van der Waals surface area contributed by atoms with Gasteiger partial charge in [-0.3, -0.25) is 0 Å². The molecule has 0 atom stereocenters. The molecule has 236 valence electrons. The Bertz CT molecular complexity index is 2640. The van der Waals surface area contributed by atoms with E-state index in [-0.39, 0.29) is 0 Å². The van der Waals surface area contributed by atoms with Gasteiger partial charge >= 0.3 is 0 Å². The standard InChI is InChI=1S/C47H32N2S/c1-4-15-34(16-5-1)48(35-17-6-2-7-18-35)37-24-26-45-42(30-37)43-31-38(25-27-46(43)50-45)49(36-19-8-3-9-20-36)44-29-33-28-32-14-10-11-21-39(32)47(33)41-23-13-12-22-40(41)44/h1-27,29-31H,28H2. The predicted octanol–water partition coefficient (Wildman–Crippen LogP) is 13.7. The highest BCUT2D eigenvalue weighted by atomic mass is 32.1. The highest BCUT2D eigenvalue weighted by Gasteiger charge is 2.25. The average molecular weight is 657 g/mol. The van der Waals surface area contributed by atoms with Crippen molar-refractivity contribution in [1.82, 2.24) is 0 Å². The number of hydrogen-bond acceptors (Lipinski definition) is 3. The molecule has 1 aliphatic rings. The monoisotopic (exact) mass is 656 g/mol. The van der Waals surface area contributed by atoms with Crippen LogP contribution in [0.15, 0.2) is 182 Å². The molecule has 1 aromatic heterocycles. The van der Waals surface area contributed by atoms with E-state index in [1.54, 1.807) is 0 Å². The van der Waals surface area contributed by atoms with E-state index in [2.05, 4.69) is 192 Å². The molecule has 0 bridgehead atoms. The van der Waals surface area contributed by atoms with E-state index < -0.39 is 0 Å². The van der Waals surface area contributed by atoms with Crippen LogP contribution in [-0.2, 0) is 6.42 Å². The summed E-state index contributed by atoms with van der Waals surface area (Å²) in [6.45, 7) is 0. The maximum atomic E-state index is 2.46. The van der Waals surface area contributed by atoms with E-state index in [0.717, 1.165) is 34.9 Å². The lowest BCUT2D eigenvalue weighted by Crippen LogP contribution is -2.11. The Morgan fingerprint density at radius 1 is 0.360 bits per heavy atom. The van der Waals surface area contributed by atoms with Gasteiger partial charge in [0.05, 0.1) is 5.69 Å². The van der Waals surface area contributed by atoms with Crippen molar-refractivity contribution in [1.29, 1.82) is 0 Å². The lowest BCUT2D eigenvalue weighted by molar-refractivity contribution is 1.24. The predicted molar refractivity (Wildman–Crippen MR) is 214 cm³/mol. The Kier molecular flexibility index (Phi) is 6.78. The molecule has 3 heteroatoms. The summed E-state index contributed by atoms with van der Waals surface area (Å²) in [6, 6.07) is 66.3. The molecule has 1 heterocycles. The van der Waals surface area contributed by atoms with Crippen LogP contribution in [0.2, 0.25) is 0 Å². The van der Waals surface area contributed by atoms with Crippen molar-refractivity contribution < 1.29 is 0 Å².